The van der Waals surface area contributed by atoms with Crippen LogP contribution in [0.4, 0.5) is 0 Å². The molecule has 2 heterocycles. The quantitative estimate of drug-likeness (QED) is 0.421. The number of benzene rings is 3. The molecule has 3 heteroatoms. The van der Waals surface area contributed by atoms with Crippen LogP contribution in [0, 0.1) is 0 Å². The van der Waals surface area contributed by atoms with Crippen molar-refractivity contribution in [2.45, 2.75) is 25.9 Å². The molecule has 0 unspecified atom stereocenters. The standard InChI is InChI=1S/C27H25N3/c1-29-26-18-30(14-13-25(26)28-27(29)20-7-3-2-4-8-20)17-19-11-12-24-22(15-19)16-21-9-5-6-10-23(21)24/h2-12,15H,13-14,16-18H2,1H3. The molecule has 1 aromatic heterocycles. The number of nitrogens with zero attached hydrogens (tertiary/aromatic N) is 3. The summed E-state index contributed by atoms with van der Waals surface area (Å²) in [6, 6.07) is 26.4. The van der Waals surface area contributed by atoms with Crippen molar-refractivity contribution in [3.05, 3.63) is 101 Å². The van der Waals surface area contributed by atoms with Crippen molar-refractivity contribution in [1.29, 1.82) is 0 Å². The normalized spacial score (nSPS) is 15.0. The van der Waals surface area contributed by atoms with E-state index in [1.807, 2.05) is 0 Å². The SMILES string of the molecule is Cn1c(-c2ccccc2)nc2c1CN(Cc1ccc3c(c1)Cc1ccccc1-3)CC2. The van der Waals surface area contributed by atoms with Crippen LogP contribution in [0.5, 0.6) is 0 Å². The third-order valence-corrected chi connectivity index (χ3v) is 6.63. The largest absolute Gasteiger partial charge is 0.330 e. The van der Waals surface area contributed by atoms with E-state index in [9.17, 15) is 0 Å². The lowest BCUT2D eigenvalue weighted by atomic mass is 10.0. The van der Waals surface area contributed by atoms with Crippen LogP contribution >= 0.6 is 0 Å². The van der Waals surface area contributed by atoms with Crippen molar-refractivity contribution in [3.63, 3.8) is 0 Å². The number of aromatic nitrogens is 2. The number of fused-ring (bicyclic) bond motifs is 4. The van der Waals surface area contributed by atoms with Gasteiger partial charge in [0.1, 0.15) is 5.82 Å². The zero-order valence-corrected chi connectivity index (χ0v) is 17.3. The van der Waals surface area contributed by atoms with E-state index in [1.165, 1.54) is 44.8 Å². The summed E-state index contributed by atoms with van der Waals surface area (Å²) in [7, 11) is 2.16. The van der Waals surface area contributed by atoms with Crippen LogP contribution in [0.1, 0.15) is 28.1 Å². The Hall–Kier alpha value is -3.17. The summed E-state index contributed by atoms with van der Waals surface area (Å²) in [5.74, 6) is 1.08. The molecule has 0 radical (unpaired) electrons. The van der Waals surface area contributed by atoms with Crippen LogP contribution < -0.4 is 0 Å². The van der Waals surface area contributed by atoms with Crippen molar-refractivity contribution < 1.29 is 0 Å². The summed E-state index contributed by atoms with van der Waals surface area (Å²) in [6.07, 6.45) is 2.08. The van der Waals surface area contributed by atoms with Crippen LogP contribution in [0.15, 0.2) is 72.8 Å². The molecule has 3 aromatic carbocycles. The molecule has 0 fully saturated rings. The Labute approximate surface area is 177 Å². The third kappa shape index (κ3) is 2.89. The first kappa shape index (κ1) is 17.7. The maximum atomic E-state index is 4.97. The van der Waals surface area contributed by atoms with Gasteiger partial charge in [0.15, 0.2) is 0 Å². The first-order valence-electron chi connectivity index (χ1n) is 10.8. The van der Waals surface area contributed by atoms with E-state index >= 15 is 0 Å². The second-order valence-corrected chi connectivity index (χ2v) is 8.54. The monoisotopic (exact) mass is 391 g/mol. The maximum absolute atomic E-state index is 4.97. The summed E-state index contributed by atoms with van der Waals surface area (Å²) in [6.45, 7) is 3.02. The number of rotatable bonds is 3. The Balaban J connectivity index is 1.23. The minimum Gasteiger partial charge on any atom is -0.330 e. The number of imidazole rings is 1. The molecule has 4 aromatic rings. The van der Waals surface area contributed by atoms with Gasteiger partial charge in [-0.05, 0) is 34.2 Å². The molecule has 0 N–H and O–H groups in total. The van der Waals surface area contributed by atoms with Crippen LogP contribution in [-0.4, -0.2) is 21.0 Å². The van der Waals surface area contributed by atoms with Crippen LogP contribution in [-0.2, 0) is 33.0 Å². The van der Waals surface area contributed by atoms with E-state index in [0.717, 1.165) is 38.3 Å². The fourth-order valence-electron chi connectivity index (χ4n) is 5.08. The predicted molar refractivity (Wildman–Crippen MR) is 121 cm³/mol. The second kappa shape index (κ2) is 6.96. The molecular formula is C27H25N3. The molecule has 0 bridgehead atoms. The Kier molecular flexibility index (Phi) is 4.10. The Bertz CT molecular complexity index is 1240. The van der Waals surface area contributed by atoms with Gasteiger partial charge in [-0.1, -0.05) is 72.8 Å². The van der Waals surface area contributed by atoms with Gasteiger partial charge in [-0.2, -0.15) is 0 Å². The molecule has 0 spiro atoms. The lowest BCUT2D eigenvalue weighted by Crippen LogP contribution is -2.31. The minimum atomic E-state index is 0.961. The summed E-state index contributed by atoms with van der Waals surface area (Å²) in [5, 5.41) is 0. The molecule has 1 aliphatic carbocycles. The van der Waals surface area contributed by atoms with E-state index in [4.69, 9.17) is 4.98 Å². The molecule has 0 saturated carbocycles. The van der Waals surface area contributed by atoms with Crippen molar-refractivity contribution in [1.82, 2.24) is 14.5 Å². The highest BCUT2D eigenvalue weighted by atomic mass is 15.2. The average molecular weight is 392 g/mol. The molecule has 30 heavy (non-hydrogen) atoms. The first-order valence-corrected chi connectivity index (χ1v) is 10.8. The van der Waals surface area contributed by atoms with Gasteiger partial charge in [-0.25, -0.2) is 4.98 Å². The summed E-state index contributed by atoms with van der Waals surface area (Å²) in [4.78, 5) is 7.53. The second-order valence-electron chi connectivity index (χ2n) is 8.54. The zero-order chi connectivity index (χ0) is 20.1. The number of hydrogen-bond acceptors (Lipinski definition) is 2. The highest BCUT2D eigenvalue weighted by Gasteiger charge is 2.24. The number of hydrogen-bond donors (Lipinski definition) is 0. The topological polar surface area (TPSA) is 21.1 Å². The van der Waals surface area contributed by atoms with Crippen LogP contribution in [0.2, 0.25) is 0 Å². The van der Waals surface area contributed by atoms with Crippen molar-refractivity contribution in [2.75, 3.05) is 6.54 Å². The smallest absolute Gasteiger partial charge is 0.140 e. The maximum Gasteiger partial charge on any atom is 0.140 e. The van der Waals surface area contributed by atoms with E-state index in [2.05, 4.69) is 89.3 Å². The fourth-order valence-corrected chi connectivity index (χ4v) is 5.08. The van der Waals surface area contributed by atoms with Crippen molar-refractivity contribution in [3.8, 4) is 22.5 Å². The molecule has 0 atom stereocenters. The average Bonchev–Trinajstić information content (AvgIpc) is 3.31. The Morgan fingerprint density at radius 3 is 2.57 bits per heavy atom. The first-order chi connectivity index (χ1) is 14.8. The molecule has 0 saturated heterocycles. The molecule has 1 aliphatic heterocycles. The molecule has 2 aliphatic rings. The highest BCUT2D eigenvalue weighted by molar-refractivity contribution is 5.76. The molecule has 0 amide bonds. The Morgan fingerprint density at radius 1 is 0.867 bits per heavy atom. The van der Waals surface area contributed by atoms with Gasteiger partial charge in [-0.15, -0.1) is 0 Å². The van der Waals surface area contributed by atoms with E-state index in [0.29, 0.717) is 0 Å². The molecular weight excluding hydrogens is 366 g/mol. The molecule has 3 nitrogen and oxygen atoms in total. The van der Waals surface area contributed by atoms with Gasteiger partial charge < -0.3 is 4.57 Å². The lowest BCUT2D eigenvalue weighted by molar-refractivity contribution is 0.238. The molecule has 148 valence electrons. The van der Waals surface area contributed by atoms with Gasteiger partial charge in [0.25, 0.3) is 0 Å². The minimum absolute atomic E-state index is 0.961. The summed E-state index contributed by atoms with van der Waals surface area (Å²) in [5.41, 5.74) is 11.0. The van der Waals surface area contributed by atoms with Crippen molar-refractivity contribution >= 4 is 0 Å². The van der Waals surface area contributed by atoms with Crippen molar-refractivity contribution in [2.24, 2.45) is 7.05 Å². The van der Waals surface area contributed by atoms with E-state index < -0.39 is 0 Å². The lowest BCUT2D eigenvalue weighted by Gasteiger charge is -2.27. The third-order valence-electron chi connectivity index (χ3n) is 6.63. The summed E-state index contributed by atoms with van der Waals surface area (Å²) >= 11 is 0. The highest BCUT2D eigenvalue weighted by Crippen LogP contribution is 2.37. The van der Waals surface area contributed by atoms with E-state index in [-0.39, 0.29) is 0 Å². The Morgan fingerprint density at radius 2 is 1.67 bits per heavy atom. The summed E-state index contributed by atoms with van der Waals surface area (Å²) < 4.78 is 2.29. The van der Waals surface area contributed by atoms with Gasteiger partial charge in [0, 0.05) is 38.7 Å². The zero-order valence-electron chi connectivity index (χ0n) is 17.3. The van der Waals surface area contributed by atoms with Gasteiger partial charge in [-0.3, -0.25) is 4.90 Å². The predicted octanol–water partition coefficient (Wildman–Crippen LogP) is 5.22. The van der Waals surface area contributed by atoms with Gasteiger partial charge >= 0.3 is 0 Å². The van der Waals surface area contributed by atoms with Crippen LogP contribution in [0.25, 0.3) is 22.5 Å². The van der Waals surface area contributed by atoms with Crippen LogP contribution in [0.3, 0.4) is 0 Å². The van der Waals surface area contributed by atoms with E-state index in [1.54, 1.807) is 0 Å². The van der Waals surface area contributed by atoms with Gasteiger partial charge in [0.2, 0.25) is 0 Å². The fraction of sp³-hybridized carbons (Fsp3) is 0.222. The molecule has 6 rings (SSSR count). The van der Waals surface area contributed by atoms with Gasteiger partial charge in [0.05, 0.1) is 11.4 Å².